The predicted octanol–water partition coefficient (Wildman–Crippen LogP) is 4.74. The van der Waals surface area contributed by atoms with E-state index in [-0.39, 0.29) is 12.1 Å². The summed E-state index contributed by atoms with van der Waals surface area (Å²) in [5.74, 6) is 0. The summed E-state index contributed by atoms with van der Waals surface area (Å²) >= 11 is 5.82. The van der Waals surface area contributed by atoms with E-state index in [1.165, 1.54) is 0 Å². The van der Waals surface area contributed by atoms with Gasteiger partial charge in [0.2, 0.25) is 0 Å². The average molecular weight is 455 g/mol. The first-order valence-electron chi connectivity index (χ1n) is 11.2. The van der Waals surface area contributed by atoms with E-state index < -0.39 is 0 Å². The van der Waals surface area contributed by atoms with Gasteiger partial charge in [0.1, 0.15) is 0 Å². The van der Waals surface area contributed by atoms with Crippen molar-refractivity contribution < 1.29 is 0 Å². The number of anilines is 1. The third-order valence-corrected chi connectivity index (χ3v) is 6.24. The standard InChI is InChI=1S/C26H26N6S/c33-26-30-24(22-12-4-5-15-29-22)25(23-13-7-17-31(23)21-11-6-14-27-19-21)32(26)18-8-16-28-20-9-2-1-3-10-20/h1-7,9-15,17,19,24-25,28H,8,16,18H2,(H,30,33)/t24-,25-/m0/s1. The van der Waals surface area contributed by atoms with Crippen molar-refractivity contribution in [2.45, 2.75) is 18.5 Å². The van der Waals surface area contributed by atoms with Gasteiger partial charge in [-0.1, -0.05) is 24.3 Å². The molecule has 6 nitrogen and oxygen atoms in total. The second-order valence-electron chi connectivity index (χ2n) is 7.98. The van der Waals surface area contributed by atoms with Gasteiger partial charge in [-0.15, -0.1) is 0 Å². The van der Waals surface area contributed by atoms with E-state index in [9.17, 15) is 0 Å². The lowest BCUT2D eigenvalue weighted by atomic mass is 10.0. The van der Waals surface area contributed by atoms with Crippen LogP contribution in [0.3, 0.4) is 0 Å². The minimum Gasteiger partial charge on any atom is -0.385 e. The highest BCUT2D eigenvalue weighted by atomic mass is 32.1. The van der Waals surface area contributed by atoms with Crippen LogP contribution in [0.5, 0.6) is 0 Å². The van der Waals surface area contributed by atoms with Crippen LogP contribution in [0.4, 0.5) is 5.69 Å². The molecule has 1 aromatic carbocycles. The highest BCUT2D eigenvalue weighted by Gasteiger charge is 2.40. The summed E-state index contributed by atoms with van der Waals surface area (Å²) in [5, 5.41) is 7.80. The first-order chi connectivity index (χ1) is 16.3. The zero-order chi connectivity index (χ0) is 22.5. The van der Waals surface area contributed by atoms with Crippen molar-refractivity contribution in [2.24, 2.45) is 0 Å². The molecule has 4 heterocycles. The SMILES string of the molecule is S=C1N[C@@H](c2ccccn2)[C@H](c2cccn2-c2cccnc2)N1CCCNc1ccccc1. The average Bonchev–Trinajstić information content (AvgIpc) is 3.48. The molecule has 0 spiro atoms. The summed E-state index contributed by atoms with van der Waals surface area (Å²) in [6, 6.07) is 24.6. The van der Waals surface area contributed by atoms with Gasteiger partial charge >= 0.3 is 0 Å². The quantitative estimate of drug-likeness (QED) is 0.296. The molecule has 33 heavy (non-hydrogen) atoms. The van der Waals surface area contributed by atoms with E-state index in [4.69, 9.17) is 12.2 Å². The van der Waals surface area contributed by atoms with E-state index in [0.29, 0.717) is 0 Å². The fourth-order valence-electron chi connectivity index (χ4n) is 4.37. The van der Waals surface area contributed by atoms with E-state index >= 15 is 0 Å². The number of para-hydroxylation sites is 1. The zero-order valence-corrected chi connectivity index (χ0v) is 19.0. The van der Waals surface area contributed by atoms with Gasteiger partial charge < -0.3 is 20.1 Å². The first kappa shape index (κ1) is 21.2. The van der Waals surface area contributed by atoms with Crippen LogP contribution in [0.15, 0.2) is 97.6 Å². The number of nitrogens with zero attached hydrogens (tertiary/aromatic N) is 4. The molecule has 7 heteroatoms. The monoisotopic (exact) mass is 454 g/mol. The van der Waals surface area contributed by atoms with Crippen LogP contribution in [0.2, 0.25) is 0 Å². The van der Waals surface area contributed by atoms with E-state index in [2.05, 4.69) is 72.7 Å². The van der Waals surface area contributed by atoms with Crippen LogP contribution in [-0.4, -0.2) is 37.6 Å². The fraction of sp³-hybridized carbons (Fsp3) is 0.192. The normalized spacial score (nSPS) is 17.7. The highest BCUT2D eigenvalue weighted by Crippen LogP contribution is 2.39. The third kappa shape index (κ3) is 4.59. The molecule has 5 rings (SSSR count). The molecule has 1 fully saturated rings. The Balaban J connectivity index is 1.41. The Morgan fingerprint density at radius 3 is 2.61 bits per heavy atom. The van der Waals surface area contributed by atoms with Gasteiger partial charge in [-0.2, -0.15) is 0 Å². The fourth-order valence-corrected chi connectivity index (χ4v) is 4.70. The summed E-state index contributed by atoms with van der Waals surface area (Å²) in [7, 11) is 0. The largest absolute Gasteiger partial charge is 0.385 e. The van der Waals surface area contributed by atoms with Gasteiger partial charge in [0.25, 0.3) is 0 Å². The van der Waals surface area contributed by atoms with Crippen molar-refractivity contribution in [2.75, 3.05) is 18.4 Å². The van der Waals surface area contributed by atoms with Crippen molar-refractivity contribution in [3.8, 4) is 5.69 Å². The molecule has 0 amide bonds. The Bertz CT molecular complexity index is 1180. The van der Waals surface area contributed by atoms with Gasteiger partial charge in [0.05, 0.1) is 29.7 Å². The van der Waals surface area contributed by atoms with Crippen molar-refractivity contribution in [3.63, 3.8) is 0 Å². The molecular weight excluding hydrogens is 428 g/mol. The Labute approximate surface area is 199 Å². The topological polar surface area (TPSA) is 58.0 Å². The van der Waals surface area contributed by atoms with Crippen LogP contribution in [0, 0.1) is 0 Å². The van der Waals surface area contributed by atoms with E-state index in [0.717, 1.165) is 47.4 Å². The maximum Gasteiger partial charge on any atom is 0.170 e. The molecule has 0 radical (unpaired) electrons. The lowest BCUT2D eigenvalue weighted by molar-refractivity contribution is 0.307. The molecule has 2 atom stereocenters. The summed E-state index contributed by atoms with van der Waals surface area (Å²) in [6.45, 7) is 1.70. The molecule has 0 saturated carbocycles. The minimum absolute atomic E-state index is 0.0133. The third-order valence-electron chi connectivity index (χ3n) is 5.88. The van der Waals surface area contributed by atoms with Gasteiger partial charge in [-0.25, -0.2) is 0 Å². The second kappa shape index (κ2) is 9.83. The number of benzene rings is 1. The number of rotatable bonds is 8. The van der Waals surface area contributed by atoms with Crippen LogP contribution >= 0.6 is 12.2 Å². The number of hydrogen-bond acceptors (Lipinski definition) is 4. The van der Waals surface area contributed by atoms with Crippen LogP contribution in [0.25, 0.3) is 5.69 Å². The predicted molar refractivity (Wildman–Crippen MR) is 135 cm³/mol. The Kier molecular flexibility index (Phi) is 6.30. The second-order valence-corrected chi connectivity index (χ2v) is 8.37. The number of hydrogen-bond donors (Lipinski definition) is 2. The summed E-state index contributed by atoms with van der Waals surface area (Å²) < 4.78 is 2.19. The lowest BCUT2D eigenvalue weighted by Crippen LogP contribution is -2.32. The van der Waals surface area contributed by atoms with Crippen LogP contribution < -0.4 is 10.6 Å². The molecule has 0 aliphatic carbocycles. The number of thiocarbonyl (C=S) groups is 1. The summed E-state index contributed by atoms with van der Waals surface area (Å²) in [6.07, 6.45) is 8.55. The molecule has 166 valence electrons. The molecule has 1 saturated heterocycles. The van der Waals surface area contributed by atoms with Crippen LogP contribution in [0.1, 0.15) is 29.9 Å². The molecule has 0 unspecified atom stereocenters. The van der Waals surface area contributed by atoms with Crippen molar-refractivity contribution in [3.05, 3.63) is 109 Å². The van der Waals surface area contributed by atoms with Gasteiger partial charge in [-0.3, -0.25) is 9.97 Å². The minimum atomic E-state index is -0.0360. The smallest absolute Gasteiger partial charge is 0.170 e. The molecule has 1 aliphatic heterocycles. The van der Waals surface area contributed by atoms with Gasteiger partial charge in [0.15, 0.2) is 5.11 Å². The molecule has 0 bridgehead atoms. The Hall–Kier alpha value is -3.71. The van der Waals surface area contributed by atoms with Gasteiger partial charge in [0, 0.05) is 43.1 Å². The van der Waals surface area contributed by atoms with Crippen molar-refractivity contribution in [1.82, 2.24) is 24.8 Å². The number of pyridine rings is 2. The van der Waals surface area contributed by atoms with Crippen LogP contribution in [-0.2, 0) is 0 Å². The molecule has 3 aromatic heterocycles. The maximum absolute atomic E-state index is 5.82. The Morgan fingerprint density at radius 2 is 1.82 bits per heavy atom. The molecular formula is C26H26N6S. The maximum atomic E-state index is 5.82. The molecule has 1 aliphatic rings. The number of aromatic nitrogens is 3. The Morgan fingerprint density at radius 1 is 0.939 bits per heavy atom. The van der Waals surface area contributed by atoms with Gasteiger partial charge in [-0.05, 0) is 67.2 Å². The summed E-state index contributed by atoms with van der Waals surface area (Å²) in [4.78, 5) is 11.3. The number of nitrogens with one attached hydrogen (secondary N) is 2. The summed E-state index contributed by atoms with van der Waals surface area (Å²) in [5.41, 5.74) is 4.30. The highest BCUT2D eigenvalue weighted by molar-refractivity contribution is 7.80. The zero-order valence-electron chi connectivity index (χ0n) is 18.2. The van der Waals surface area contributed by atoms with E-state index in [1.807, 2.05) is 48.8 Å². The molecule has 2 N–H and O–H groups in total. The first-order valence-corrected chi connectivity index (χ1v) is 11.6. The molecule has 4 aromatic rings. The van der Waals surface area contributed by atoms with Crippen molar-refractivity contribution in [1.29, 1.82) is 0 Å². The van der Waals surface area contributed by atoms with Crippen molar-refractivity contribution >= 4 is 23.0 Å². The lowest BCUT2D eigenvalue weighted by Gasteiger charge is -2.29. The van der Waals surface area contributed by atoms with E-state index in [1.54, 1.807) is 6.20 Å².